The summed E-state index contributed by atoms with van der Waals surface area (Å²) in [6.07, 6.45) is 1.81. The standard InChI is InChI=1S/C17H18N4S.C16H20N4S/c1-13-2-4-14(5-3-13)20-8-10-21(11-9-20)16-6-7-19-17(22)15(16)12-18;1-12-3-5-14(6-4-12)20-9-7-19(8-10-20)13(2)15(11-17)16(18)21/h2-7H,8-11H2,1H3,(H,19,22);3-6H,7-10H2,1-2H3,(H2,18,21)/b;15-13-. The highest BCUT2D eigenvalue weighted by atomic mass is 32.1. The van der Waals surface area contributed by atoms with E-state index in [1.807, 2.05) is 19.2 Å². The molecule has 43 heavy (non-hydrogen) atoms. The van der Waals surface area contributed by atoms with Gasteiger partial charge in [0.2, 0.25) is 0 Å². The van der Waals surface area contributed by atoms with Crippen molar-refractivity contribution in [2.45, 2.75) is 20.8 Å². The minimum absolute atomic E-state index is 0.177. The van der Waals surface area contributed by atoms with Gasteiger partial charge in [0.15, 0.2) is 0 Å². The van der Waals surface area contributed by atoms with Crippen molar-refractivity contribution in [1.29, 1.82) is 10.5 Å². The smallest absolute Gasteiger partial charge is 0.123 e. The number of piperazine rings is 2. The van der Waals surface area contributed by atoms with E-state index < -0.39 is 0 Å². The highest BCUT2D eigenvalue weighted by Crippen LogP contribution is 2.24. The van der Waals surface area contributed by atoms with E-state index >= 15 is 0 Å². The van der Waals surface area contributed by atoms with Crippen LogP contribution in [-0.4, -0.2) is 67.2 Å². The molecule has 0 spiro atoms. The zero-order valence-corrected chi connectivity index (χ0v) is 26.6. The van der Waals surface area contributed by atoms with Gasteiger partial charge in [-0.25, -0.2) is 0 Å². The molecule has 1 aromatic heterocycles. The SMILES string of the molecule is C/C(=C(\C#N)C(N)=S)N1CCN(c2ccc(C)cc2)CC1.Cc1ccc(N2CCN(c3cc[nH]c(=S)c3C#N)CC2)cc1. The lowest BCUT2D eigenvalue weighted by molar-refractivity contribution is 0.321. The number of nitrogens with zero attached hydrogens (tertiary/aromatic N) is 6. The van der Waals surface area contributed by atoms with Gasteiger partial charge in [0.25, 0.3) is 0 Å². The summed E-state index contributed by atoms with van der Waals surface area (Å²) in [5.74, 6) is 0. The summed E-state index contributed by atoms with van der Waals surface area (Å²) in [4.78, 5) is 12.3. The lowest BCUT2D eigenvalue weighted by Crippen LogP contribution is -2.46. The van der Waals surface area contributed by atoms with Crippen LogP contribution in [0.3, 0.4) is 0 Å². The number of aromatic amines is 1. The first kappa shape index (κ1) is 31.6. The molecule has 222 valence electrons. The van der Waals surface area contributed by atoms with Crippen molar-refractivity contribution in [3.8, 4) is 12.1 Å². The highest BCUT2D eigenvalue weighted by molar-refractivity contribution is 7.80. The maximum Gasteiger partial charge on any atom is 0.123 e. The Morgan fingerprint density at radius 2 is 1.23 bits per heavy atom. The van der Waals surface area contributed by atoms with Crippen molar-refractivity contribution in [2.75, 3.05) is 67.1 Å². The molecule has 0 unspecified atom stereocenters. The third kappa shape index (κ3) is 7.92. The number of nitriles is 2. The summed E-state index contributed by atoms with van der Waals surface area (Å²) in [7, 11) is 0. The number of nitrogens with two attached hydrogens (primary N) is 1. The Morgan fingerprint density at radius 1 is 0.767 bits per heavy atom. The largest absolute Gasteiger partial charge is 0.389 e. The van der Waals surface area contributed by atoms with E-state index in [4.69, 9.17) is 35.4 Å². The van der Waals surface area contributed by atoms with Crippen molar-refractivity contribution < 1.29 is 0 Å². The van der Waals surface area contributed by atoms with Crippen LogP contribution in [0.2, 0.25) is 0 Å². The van der Waals surface area contributed by atoms with Crippen LogP contribution in [0.1, 0.15) is 23.6 Å². The molecule has 0 amide bonds. The molecule has 2 fully saturated rings. The van der Waals surface area contributed by atoms with Crippen LogP contribution >= 0.6 is 24.4 Å². The number of aryl methyl sites for hydroxylation is 2. The minimum Gasteiger partial charge on any atom is -0.389 e. The second-order valence-corrected chi connectivity index (χ2v) is 11.6. The number of nitrogens with one attached hydrogen (secondary N) is 1. The Kier molecular flexibility index (Phi) is 10.8. The average Bonchev–Trinajstić information content (AvgIpc) is 3.02. The first-order valence-electron chi connectivity index (χ1n) is 14.4. The first-order valence-corrected chi connectivity index (χ1v) is 15.2. The number of pyridine rings is 1. The Labute approximate surface area is 265 Å². The zero-order chi connectivity index (χ0) is 30.9. The van der Waals surface area contributed by atoms with Gasteiger partial charge in [-0.05, 0) is 51.1 Å². The van der Waals surface area contributed by atoms with E-state index in [1.54, 1.807) is 0 Å². The van der Waals surface area contributed by atoms with Gasteiger partial charge in [0.1, 0.15) is 32.9 Å². The molecule has 5 rings (SSSR count). The molecule has 0 atom stereocenters. The molecule has 0 radical (unpaired) electrons. The van der Waals surface area contributed by atoms with Crippen molar-refractivity contribution >= 4 is 46.5 Å². The van der Waals surface area contributed by atoms with Crippen LogP contribution < -0.4 is 20.4 Å². The number of hydrogen-bond acceptors (Lipinski definition) is 8. The van der Waals surface area contributed by atoms with Crippen molar-refractivity contribution in [2.24, 2.45) is 5.73 Å². The van der Waals surface area contributed by atoms with Gasteiger partial charge in [0, 0.05) is 75.6 Å². The summed E-state index contributed by atoms with van der Waals surface area (Å²) in [5, 5.41) is 18.5. The molecule has 3 aromatic rings. The molecule has 2 saturated heterocycles. The molecular weight excluding hydrogens is 573 g/mol. The fraction of sp³-hybridized carbons (Fsp3) is 0.333. The van der Waals surface area contributed by atoms with Crippen LogP contribution in [-0.2, 0) is 0 Å². The predicted octanol–water partition coefficient (Wildman–Crippen LogP) is 5.45. The molecule has 10 heteroatoms. The van der Waals surface area contributed by atoms with Crippen LogP contribution in [0.5, 0.6) is 0 Å². The van der Waals surface area contributed by atoms with Crippen LogP contribution in [0, 0.1) is 41.2 Å². The molecule has 3 N–H and O–H groups in total. The van der Waals surface area contributed by atoms with E-state index in [9.17, 15) is 5.26 Å². The molecule has 0 aliphatic carbocycles. The molecule has 8 nitrogen and oxygen atoms in total. The highest BCUT2D eigenvalue weighted by Gasteiger charge is 2.21. The van der Waals surface area contributed by atoms with Gasteiger partial charge in [0.05, 0.1) is 5.69 Å². The molecule has 0 bridgehead atoms. The second-order valence-electron chi connectivity index (χ2n) is 10.7. The third-order valence-corrected chi connectivity index (χ3v) is 8.47. The molecule has 0 saturated carbocycles. The van der Waals surface area contributed by atoms with Gasteiger partial charge >= 0.3 is 0 Å². The molecule has 2 aliphatic rings. The molecule has 2 aromatic carbocycles. The summed E-state index contributed by atoms with van der Waals surface area (Å²) in [5.41, 5.74) is 13.5. The Hall–Kier alpha value is -4.38. The summed E-state index contributed by atoms with van der Waals surface area (Å²) >= 11 is 10.1. The van der Waals surface area contributed by atoms with Crippen LogP contribution in [0.15, 0.2) is 72.1 Å². The number of thiocarbonyl (C=S) groups is 1. The van der Waals surface area contributed by atoms with Gasteiger partial charge in [-0.3, -0.25) is 0 Å². The van der Waals surface area contributed by atoms with Gasteiger partial charge in [-0.1, -0.05) is 59.8 Å². The fourth-order valence-corrected chi connectivity index (χ4v) is 5.74. The van der Waals surface area contributed by atoms with Gasteiger partial charge in [-0.15, -0.1) is 0 Å². The predicted molar refractivity (Wildman–Crippen MR) is 182 cm³/mol. The third-order valence-electron chi connectivity index (χ3n) is 7.94. The normalized spacial score (nSPS) is 15.5. The lowest BCUT2D eigenvalue weighted by Gasteiger charge is -2.38. The fourth-order valence-electron chi connectivity index (χ4n) is 5.33. The maximum absolute atomic E-state index is 9.31. The molecule has 2 aliphatic heterocycles. The summed E-state index contributed by atoms with van der Waals surface area (Å²) in [6, 6.07) is 23.5. The number of aromatic nitrogens is 1. The van der Waals surface area contributed by atoms with E-state index in [2.05, 4.69) is 99.1 Å². The van der Waals surface area contributed by atoms with Crippen molar-refractivity contribution in [3.05, 3.63) is 93.4 Å². The van der Waals surface area contributed by atoms with E-state index in [0.717, 1.165) is 63.7 Å². The Morgan fingerprint density at radius 3 is 1.67 bits per heavy atom. The topological polar surface area (TPSA) is 102 Å². The number of H-pyrrole nitrogens is 1. The quantitative estimate of drug-likeness (QED) is 0.222. The van der Waals surface area contributed by atoms with E-state index in [-0.39, 0.29) is 4.99 Å². The lowest BCUT2D eigenvalue weighted by atomic mass is 10.1. The summed E-state index contributed by atoms with van der Waals surface area (Å²) in [6.45, 7) is 13.4. The van der Waals surface area contributed by atoms with Crippen molar-refractivity contribution in [1.82, 2.24) is 9.88 Å². The molecular formula is C33H38N8S2. The van der Waals surface area contributed by atoms with E-state index in [1.165, 1.54) is 22.5 Å². The second kappa shape index (κ2) is 14.7. The van der Waals surface area contributed by atoms with Gasteiger partial charge < -0.3 is 30.3 Å². The number of allylic oxidation sites excluding steroid dienone is 1. The number of anilines is 3. The zero-order valence-electron chi connectivity index (χ0n) is 25.0. The maximum atomic E-state index is 9.31. The van der Waals surface area contributed by atoms with Gasteiger partial charge in [-0.2, -0.15) is 10.5 Å². The Bertz CT molecular complexity index is 1580. The number of benzene rings is 2. The minimum atomic E-state index is 0.177. The van der Waals surface area contributed by atoms with Crippen LogP contribution in [0.25, 0.3) is 0 Å². The van der Waals surface area contributed by atoms with Crippen LogP contribution in [0.4, 0.5) is 17.1 Å². The molecule has 3 heterocycles. The summed E-state index contributed by atoms with van der Waals surface area (Å²) < 4.78 is 0.515. The monoisotopic (exact) mass is 610 g/mol. The number of hydrogen-bond donors (Lipinski definition) is 2. The van der Waals surface area contributed by atoms with E-state index in [0.29, 0.717) is 15.8 Å². The Balaban J connectivity index is 0.000000197. The average molecular weight is 611 g/mol. The van der Waals surface area contributed by atoms with Crippen molar-refractivity contribution in [3.63, 3.8) is 0 Å². The number of rotatable bonds is 5. The first-order chi connectivity index (χ1) is 20.7.